The standard InChI is InChI=1S/C12H16Cl2O2/c13-9(14)11-2-7-1-8(3-11)5-12(4-7,6-11)10(15)16/h7-9H,1-6H2,(H,15,16). The topological polar surface area (TPSA) is 37.3 Å². The molecular formula is C12H16Cl2O2. The molecule has 0 aromatic heterocycles. The molecule has 16 heavy (non-hydrogen) atoms. The fraction of sp³-hybridized carbons (Fsp3) is 0.917. The highest BCUT2D eigenvalue weighted by Gasteiger charge is 2.62. The van der Waals surface area contributed by atoms with Crippen molar-refractivity contribution >= 4 is 29.2 Å². The van der Waals surface area contributed by atoms with E-state index in [0.717, 1.165) is 25.7 Å². The van der Waals surface area contributed by atoms with Crippen molar-refractivity contribution in [2.24, 2.45) is 22.7 Å². The van der Waals surface area contributed by atoms with Crippen molar-refractivity contribution in [2.45, 2.75) is 43.4 Å². The van der Waals surface area contributed by atoms with Crippen molar-refractivity contribution in [2.75, 3.05) is 0 Å². The first-order valence-electron chi connectivity index (χ1n) is 5.97. The summed E-state index contributed by atoms with van der Waals surface area (Å²) in [6, 6.07) is 0. The molecule has 4 aliphatic carbocycles. The van der Waals surface area contributed by atoms with Gasteiger partial charge in [0, 0.05) is 5.41 Å². The van der Waals surface area contributed by atoms with Crippen LogP contribution in [-0.2, 0) is 4.79 Å². The Kier molecular flexibility index (Phi) is 2.29. The van der Waals surface area contributed by atoms with E-state index < -0.39 is 16.2 Å². The van der Waals surface area contributed by atoms with Crippen LogP contribution in [0.1, 0.15) is 38.5 Å². The van der Waals surface area contributed by atoms with Crippen molar-refractivity contribution in [3.63, 3.8) is 0 Å². The van der Waals surface area contributed by atoms with Crippen molar-refractivity contribution < 1.29 is 9.90 Å². The Morgan fingerprint density at radius 3 is 2.19 bits per heavy atom. The van der Waals surface area contributed by atoms with Gasteiger partial charge >= 0.3 is 5.97 Å². The third-order valence-corrected chi connectivity index (χ3v) is 5.95. The molecule has 4 heteroatoms. The van der Waals surface area contributed by atoms with E-state index in [2.05, 4.69) is 0 Å². The number of carboxylic acid groups (broad SMARTS) is 1. The molecule has 0 radical (unpaired) electrons. The minimum absolute atomic E-state index is 0.106. The summed E-state index contributed by atoms with van der Waals surface area (Å²) in [7, 11) is 0. The van der Waals surface area contributed by atoms with Crippen LogP contribution in [0.2, 0.25) is 0 Å². The van der Waals surface area contributed by atoms with Crippen LogP contribution in [0.3, 0.4) is 0 Å². The fourth-order valence-electron chi connectivity index (χ4n) is 4.84. The summed E-state index contributed by atoms with van der Waals surface area (Å²) in [4.78, 5) is 11.1. The van der Waals surface area contributed by atoms with Gasteiger partial charge in [0.25, 0.3) is 0 Å². The molecule has 2 unspecified atom stereocenters. The summed E-state index contributed by atoms with van der Waals surface area (Å²) in [5, 5.41) is 9.49. The SMILES string of the molecule is O=C(O)C12CC3CC(C1)CC(C(Cl)Cl)(C3)C2. The minimum atomic E-state index is -0.625. The van der Waals surface area contributed by atoms with E-state index >= 15 is 0 Å². The van der Waals surface area contributed by atoms with E-state index in [1.54, 1.807) is 0 Å². The lowest BCUT2D eigenvalue weighted by molar-refractivity contribution is -0.173. The summed E-state index contributed by atoms with van der Waals surface area (Å²) >= 11 is 12.3. The van der Waals surface area contributed by atoms with Gasteiger partial charge in [-0.3, -0.25) is 4.79 Å². The van der Waals surface area contributed by atoms with Gasteiger partial charge in [-0.15, -0.1) is 23.2 Å². The monoisotopic (exact) mass is 262 g/mol. The summed E-state index contributed by atoms with van der Waals surface area (Å²) in [5.74, 6) is 0.453. The number of halogens is 2. The second-order valence-electron chi connectivity index (χ2n) is 6.21. The third-order valence-electron chi connectivity index (χ3n) is 5.02. The second kappa shape index (κ2) is 3.29. The van der Waals surface area contributed by atoms with Gasteiger partial charge in [-0.1, -0.05) is 0 Å². The van der Waals surface area contributed by atoms with Crippen LogP contribution >= 0.6 is 23.2 Å². The zero-order valence-corrected chi connectivity index (χ0v) is 10.6. The molecule has 2 nitrogen and oxygen atoms in total. The van der Waals surface area contributed by atoms with Crippen LogP contribution in [0.15, 0.2) is 0 Å². The summed E-state index contributed by atoms with van der Waals surface area (Å²) in [6.07, 6.45) is 5.66. The highest BCUT2D eigenvalue weighted by Crippen LogP contribution is 2.67. The Balaban J connectivity index is 2.00. The van der Waals surface area contributed by atoms with Gasteiger partial charge in [0.05, 0.1) is 5.41 Å². The highest BCUT2D eigenvalue weighted by atomic mass is 35.5. The lowest BCUT2D eigenvalue weighted by atomic mass is 9.44. The molecule has 4 bridgehead atoms. The van der Waals surface area contributed by atoms with Crippen molar-refractivity contribution in [1.29, 1.82) is 0 Å². The largest absolute Gasteiger partial charge is 0.481 e. The quantitative estimate of drug-likeness (QED) is 0.774. The Bertz CT molecular complexity index is 326. The molecule has 1 N–H and O–H groups in total. The van der Waals surface area contributed by atoms with Crippen LogP contribution < -0.4 is 0 Å². The molecule has 0 saturated heterocycles. The zero-order valence-electron chi connectivity index (χ0n) is 9.09. The van der Waals surface area contributed by atoms with Crippen LogP contribution in [0.25, 0.3) is 0 Å². The van der Waals surface area contributed by atoms with Gasteiger partial charge in [0.1, 0.15) is 4.84 Å². The molecule has 0 spiro atoms. The molecule has 4 rings (SSSR count). The van der Waals surface area contributed by atoms with Gasteiger partial charge in [0.15, 0.2) is 0 Å². The summed E-state index contributed by atoms with van der Waals surface area (Å²) in [6.45, 7) is 0. The number of hydrogen-bond acceptors (Lipinski definition) is 1. The molecule has 0 aliphatic heterocycles. The van der Waals surface area contributed by atoms with Crippen molar-refractivity contribution in [3.8, 4) is 0 Å². The fourth-order valence-corrected chi connectivity index (χ4v) is 5.35. The van der Waals surface area contributed by atoms with E-state index in [1.807, 2.05) is 0 Å². The molecule has 0 aromatic carbocycles. The van der Waals surface area contributed by atoms with Gasteiger partial charge < -0.3 is 5.11 Å². The maximum Gasteiger partial charge on any atom is 0.309 e. The van der Waals surface area contributed by atoms with Gasteiger partial charge in [0.2, 0.25) is 0 Å². The van der Waals surface area contributed by atoms with Crippen LogP contribution in [0.4, 0.5) is 0 Å². The first-order valence-corrected chi connectivity index (χ1v) is 6.85. The Morgan fingerprint density at radius 2 is 1.75 bits per heavy atom. The van der Waals surface area contributed by atoms with Gasteiger partial charge in [-0.05, 0) is 50.4 Å². The molecule has 4 saturated carbocycles. The average Bonchev–Trinajstić information content (AvgIpc) is 2.14. The average molecular weight is 263 g/mol. The Labute approximate surface area is 105 Å². The van der Waals surface area contributed by atoms with Crippen LogP contribution in [0.5, 0.6) is 0 Å². The van der Waals surface area contributed by atoms with E-state index in [4.69, 9.17) is 23.2 Å². The number of hydrogen-bond donors (Lipinski definition) is 1. The van der Waals surface area contributed by atoms with E-state index in [-0.39, 0.29) is 5.41 Å². The van der Waals surface area contributed by atoms with Crippen molar-refractivity contribution in [3.05, 3.63) is 0 Å². The predicted molar refractivity (Wildman–Crippen MR) is 62.7 cm³/mol. The Hall–Kier alpha value is 0.0500. The maximum absolute atomic E-state index is 11.5. The van der Waals surface area contributed by atoms with Gasteiger partial charge in [-0.2, -0.15) is 0 Å². The number of carboxylic acids is 1. The Morgan fingerprint density at radius 1 is 1.19 bits per heavy atom. The molecular weight excluding hydrogens is 247 g/mol. The zero-order chi connectivity index (χ0) is 11.6. The summed E-state index contributed by atoms with van der Waals surface area (Å²) in [5.41, 5.74) is -0.613. The lowest BCUT2D eigenvalue weighted by Crippen LogP contribution is -2.56. The molecule has 4 fully saturated rings. The van der Waals surface area contributed by atoms with Gasteiger partial charge in [-0.25, -0.2) is 0 Å². The number of carbonyl (C=O) groups is 1. The normalized spacial score (nSPS) is 49.9. The molecule has 0 heterocycles. The van der Waals surface area contributed by atoms with Crippen LogP contribution in [0, 0.1) is 22.7 Å². The minimum Gasteiger partial charge on any atom is -0.481 e. The smallest absolute Gasteiger partial charge is 0.309 e. The molecule has 2 atom stereocenters. The molecule has 4 aliphatic rings. The first kappa shape index (κ1) is 11.2. The highest BCUT2D eigenvalue weighted by molar-refractivity contribution is 6.44. The van der Waals surface area contributed by atoms with Crippen molar-refractivity contribution in [1.82, 2.24) is 0 Å². The molecule has 90 valence electrons. The number of rotatable bonds is 2. The van der Waals surface area contributed by atoms with E-state index in [1.165, 1.54) is 6.42 Å². The van der Waals surface area contributed by atoms with E-state index in [0.29, 0.717) is 18.3 Å². The summed E-state index contributed by atoms with van der Waals surface area (Å²) < 4.78 is 0. The predicted octanol–water partition coefficient (Wildman–Crippen LogP) is 3.46. The number of aliphatic carboxylic acids is 1. The third kappa shape index (κ3) is 1.35. The number of alkyl halides is 2. The first-order chi connectivity index (χ1) is 7.46. The molecule has 0 amide bonds. The lowest BCUT2D eigenvalue weighted by Gasteiger charge is -2.61. The van der Waals surface area contributed by atoms with Crippen LogP contribution in [-0.4, -0.2) is 15.9 Å². The second-order valence-corrected chi connectivity index (χ2v) is 7.31. The van der Waals surface area contributed by atoms with E-state index in [9.17, 15) is 9.90 Å². The maximum atomic E-state index is 11.5. The molecule has 0 aromatic rings.